The molecule has 2 amide bonds. The van der Waals surface area contributed by atoms with Crippen molar-refractivity contribution in [1.29, 1.82) is 0 Å². The van der Waals surface area contributed by atoms with E-state index in [-0.39, 0.29) is 18.4 Å². The van der Waals surface area contributed by atoms with Crippen molar-refractivity contribution >= 4 is 28.9 Å². The molecule has 1 heterocycles. The fourth-order valence-electron chi connectivity index (χ4n) is 3.17. The maximum atomic E-state index is 12.8. The van der Waals surface area contributed by atoms with E-state index in [2.05, 4.69) is 4.90 Å². The molecule has 6 nitrogen and oxygen atoms in total. The van der Waals surface area contributed by atoms with E-state index in [0.717, 1.165) is 30.2 Å². The number of benzene rings is 2. The molecular formula is C21H25N3O3. The average molecular weight is 367 g/mol. The molecule has 2 aromatic carbocycles. The summed E-state index contributed by atoms with van der Waals surface area (Å²) in [6.45, 7) is 4.32. The largest absolute Gasteiger partial charge is 0.378 e. The molecule has 0 N–H and O–H groups in total. The van der Waals surface area contributed by atoms with E-state index in [9.17, 15) is 9.59 Å². The maximum absolute atomic E-state index is 12.8. The number of ether oxygens (including phenoxy) is 1. The SMILES string of the molecule is CC(=O)N(CC(=O)N(C)c1ccccc1)c1ccccc1N1CCOCC1. The zero-order valence-corrected chi connectivity index (χ0v) is 15.8. The highest BCUT2D eigenvalue weighted by atomic mass is 16.5. The topological polar surface area (TPSA) is 53.1 Å². The minimum atomic E-state index is -0.162. The van der Waals surface area contributed by atoms with Gasteiger partial charge in [-0.25, -0.2) is 0 Å². The van der Waals surface area contributed by atoms with Gasteiger partial charge in [-0.2, -0.15) is 0 Å². The van der Waals surface area contributed by atoms with Gasteiger partial charge in [0.1, 0.15) is 6.54 Å². The van der Waals surface area contributed by atoms with Gasteiger partial charge in [0.05, 0.1) is 24.6 Å². The first kappa shape index (κ1) is 18.9. The van der Waals surface area contributed by atoms with Crippen LogP contribution >= 0.6 is 0 Å². The zero-order chi connectivity index (χ0) is 19.2. The van der Waals surface area contributed by atoms with Crippen molar-refractivity contribution in [1.82, 2.24) is 0 Å². The number of likely N-dealkylation sites (N-methyl/N-ethyl adjacent to an activating group) is 1. The summed E-state index contributed by atoms with van der Waals surface area (Å²) >= 11 is 0. The van der Waals surface area contributed by atoms with Gasteiger partial charge in [-0.1, -0.05) is 30.3 Å². The molecule has 0 unspecified atom stereocenters. The van der Waals surface area contributed by atoms with Gasteiger partial charge in [0.25, 0.3) is 0 Å². The van der Waals surface area contributed by atoms with Gasteiger partial charge in [-0.05, 0) is 24.3 Å². The molecule has 1 saturated heterocycles. The smallest absolute Gasteiger partial charge is 0.246 e. The van der Waals surface area contributed by atoms with Crippen LogP contribution in [-0.4, -0.2) is 51.7 Å². The molecule has 3 rings (SSSR count). The number of carbonyl (C=O) groups excluding carboxylic acids is 2. The first-order chi connectivity index (χ1) is 13.1. The molecule has 0 radical (unpaired) electrons. The molecule has 0 bridgehead atoms. The minimum Gasteiger partial charge on any atom is -0.378 e. The molecule has 1 fully saturated rings. The second-order valence-electron chi connectivity index (χ2n) is 6.48. The summed E-state index contributed by atoms with van der Waals surface area (Å²) in [5.74, 6) is -0.307. The molecule has 6 heteroatoms. The molecule has 0 saturated carbocycles. The molecule has 0 aliphatic carbocycles. The van der Waals surface area contributed by atoms with Crippen LogP contribution in [0, 0.1) is 0 Å². The van der Waals surface area contributed by atoms with E-state index in [1.165, 1.54) is 6.92 Å². The van der Waals surface area contributed by atoms with Gasteiger partial charge in [0.2, 0.25) is 11.8 Å². The Labute approximate surface area is 159 Å². The van der Waals surface area contributed by atoms with Gasteiger partial charge in [-0.3, -0.25) is 9.59 Å². The lowest BCUT2D eigenvalue weighted by Crippen LogP contribution is -2.42. The Hall–Kier alpha value is -2.86. The highest BCUT2D eigenvalue weighted by Crippen LogP contribution is 2.30. The number of anilines is 3. The first-order valence-electron chi connectivity index (χ1n) is 9.09. The van der Waals surface area contributed by atoms with Crippen LogP contribution in [-0.2, 0) is 14.3 Å². The third-order valence-electron chi connectivity index (χ3n) is 4.72. The van der Waals surface area contributed by atoms with E-state index < -0.39 is 0 Å². The van der Waals surface area contributed by atoms with Crippen molar-refractivity contribution < 1.29 is 14.3 Å². The predicted molar refractivity (Wildman–Crippen MR) is 107 cm³/mol. The highest BCUT2D eigenvalue weighted by Gasteiger charge is 2.24. The standard InChI is InChI=1S/C21H25N3O3/c1-17(25)24(16-21(26)22(2)18-8-4-3-5-9-18)20-11-7-6-10-19(20)23-12-14-27-15-13-23/h3-11H,12-16H2,1-2H3. The van der Waals surface area contributed by atoms with Crippen LogP contribution < -0.4 is 14.7 Å². The highest BCUT2D eigenvalue weighted by molar-refractivity contribution is 6.04. The number of hydrogen-bond donors (Lipinski definition) is 0. The fourth-order valence-corrected chi connectivity index (χ4v) is 3.17. The van der Waals surface area contributed by atoms with Crippen LogP contribution in [0.3, 0.4) is 0 Å². The van der Waals surface area contributed by atoms with Gasteiger partial charge >= 0.3 is 0 Å². The van der Waals surface area contributed by atoms with E-state index in [4.69, 9.17) is 4.74 Å². The Kier molecular flexibility index (Phi) is 6.08. The van der Waals surface area contributed by atoms with Gasteiger partial charge in [-0.15, -0.1) is 0 Å². The van der Waals surface area contributed by atoms with Gasteiger partial charge in [0, 0.05) is 32.7 Å². The molecule has 0 atom stereocenters. The average Bonchev–Trinajstić information content (AvgIpc) is 2.72. The minimum absolute atomic E-state index is 0.0118. The Balaban J connectivity index is 1.84. The normalized spacial score (nSPS) is 13.9. The summed E-state index contributed by atoms with van der Waals surface area (Å²) in [5.41, 5.74) is 2.50. The van der Waals surface area contributed by atoms with E-state index in [1.54, 1.807) is 16.8 Å². The fraction of sp³-hybridized carbons (Fsp3) is 0.333. The van der Waals surface area contributed by atoms with Crippen molar-refractivity contribution in [3.05, 3.63) is 54.6 Å². The van der Waals surface area contributed by atoms with Crippen LogP contribution in [0.15, 0.2) is 54.6 Å². The van der Waals surface area contributed by atoms with Gasteiger partial charge < -0.3 is 19.4 Å². The maximum Gasteiger partial charge on any atom is 0.246 e. The van der Waals surface area contributed by atoms with Gasteiger partial charge in [0.15, 0.2) is 0 Å². The number of morpholine rings is 1. The molecule has 2 aromatic rings. The number of para-hydroxylation sites is 3. The number of carbonyl (C=O) groups is 2. The molecular weight excluding hydrogens is 342 g/mol. The van der Waals surface area contributed by atoms with E-state index in [1.807, 2.05) is 54.6 Å². The molecule has 1 aliphatic rings. The Morgan fingerprint density at radius 1 is 1.00 bits per heavy atom. The van der Waals surface area contributed by atoms with Crippen LogP contribution in [0.1, 0.15) is 6.92 Å². The summed E-state index contributed by atoms with van der Waals surface area (Å²) < 4.78 is 5.43. The monoisotopic (exact) mass is 367 g/mol. The lowest BCUT2D eigenvalue weighted by atomic mass is 10.2. The summed E-state index contributed by atoms with van der Waals surface area (Å²) in [4.78, 5) is 30.5. The van der Waals surface area contributed by atoms with E-state index in [0.29, 0.717) is 13.2 Å². The van der Waals surface area contributed by atoms with Crippen LogP contribution in [0.2, 0.25) is 0 Å². The third kappa shape index (κ3) is 4.46. The van der Waals surface area contributed by atoms with Crippen LogP contribution in [0.4, 0.5) is 17.1 Å². The van der Waals surface area contributed by atoms with Crippen molar-refractivity contribution in [2.45, 2.75) is 6.92 Å². The quantitative estimate of drug-likeness (QED) is 0.815. The lowest BCUT2D eigenvalue weighted by molar-refractivity contribution is -0.121. The number of amides is 2. The summed E-state index contributed by atoms with van der Waals surface area (Å²) in [6, 6.07) is 17.1. The van der Waals surface area contributed by atoms with Crippen molar-refractivity contribution in [2.75, 3.05) is 54.6 Å². The second-order valence-corrected chi connectivity index (χ2v) is 6.48. The molecule has 0 aromatic heterocycles. The summed E-state index contributed by atoms with van der Waals surface area (Å²) in [5, 5.41) is 0. The number of hydrogen-bond acceptors (Lipinski definition) is 4. The lowest BCUT2D eigenvalue weighted by Gasteiger charge is -2.33. The van der Waals surface area contributed by atoms with Crippen molar-refractivity contribution in [2.24, 2.45) is 0 Å². The molecule has 0 spiro atoms. The Bertz CT molecular complexity index is 788. The first-order valence-corrected chi connectivity index (χ1v) is 9.09. The third-order valence-corrected chi connectivity index (χ3v) is 4.72. The molecule has 27 heavy (non-hydrogen) atoms. The number of nitrogens with zero attached hydrogens (tertiary/aromatic N) is 3. The molecule has 142 valence electrons. The Morgan fingerprint density at radius 2 is 1.63 bits per heavy atom. The Morgan fingerprint density at radius 3 is 2.30 bits per heavy atom. The van der Waals surface area contributed by atoms with Crippen molar-refractivity contribution in [3.8, 4) is 0 Å². The molecule has 1 aliphatic heterocycles. The van der Waals surface area contributed by atoms with Crippen LogP contribution in [0.25, 0.3) is 0 Å². The number of rotatable bonds is 5. The second kappa shape index (κ2) is 8.68. The van der Waals surface area contributed by atoms with Crippen LogP contribution in [0.5, 0.6) is 0 Å². The predicted octanol–water partition coefficient (Wildman–Crippen LogP) is 2.54. The van der Waals surface area contributed by atoms with E-state index >= 15 is 0 Å². The van der Waals surface area contributed by atoms with Crippen molar-refractivity contribution in [3.63, 3.8) is 0 Å². The summed E-state index contributed by atoms with van der Waals surface area (Å²) in [6.07, 6.45) is 0. The summed E-state index contributed by atoms with van der Waals surface area (Å²) in [7, 11) is 1.73. The zero-order valence-electron chi connectivity index (χ0n) is 15.8.